The maximum atomic E-state index is 12.9. The third-order valence-corrected chi connectivity index (χ3v) is 6.03. The fraction of sp³-hybridized carbons (Fsp3) is 0.150. The Morgan fingerprint density at radius 3 is 2.83 bits per heavy atom. The Morgan fingerprint density at radius 1 is 1.28 bits per heavy atom. The summed E-state index contributed by atoms with van der Waals surface area (Å²) >= 11 is 3.43. The molecule has 29 heavy (non-hydrogen) atoms. The molecule has 0 amide bonds. The van der Waals surface area contributed by atoms with E-state index in [0.717, 1.165) is 20.2 Å². The number of ether oxygens (including phenoxy) is 3. The molecular weight excluding hydrogens is 507 g/mol. The predicted octanol–water partition coefficient (Wildman–Crippen LogP) is 2.62. The van der Waals surface area contributed by atoms with Gasteiger partial charge in [0.05, 0.1) is 33.4 Å². The summed E-state index contributed by atoms with van der Waals surface area (Å²) in [6.45, 7) is -0.216. The summed E-state index contributed by atoms with van der Waals surface area (Å²) in [5, 5.41) is 0. The molecule has 0 saturated carbocycles. The van der Waals surface area contributed by atoms with Crippen molar-refractivity contribution < 1.29 is 19.0 Å². The Morgan fingerprint density at radius 2 is 2.07 bits per heavy atom. The second kappa shape index (κ2) is 7.99. The SMILES string of the molecule is COC(=O)COc1c(I)cc(/C=c2\sc3nc4ccccc4n3c2=O)cc1OC. The number of fused-ring (bicyclic) bond motifs is 3. The Bertz CT molecular complexity index is 1340. The standard InChI is InChI=1S/C20H15IN2O5S/c1-26-15-8-11(7-12(21)18(15)28-10-17(24)27-2)9-16-19(25)23-14-6-4-3-5-13(14)22-20(23)29-16/h3-9H,10H2,1-2H3/b16-9-. The van der Waals surface area contributed by atoms with E-state index in [-0.39, 0.29) is 12.2 Å². The summed E-state index contributed by atoms with van der Waals surface area (Å²) < 4.78 is 18.5. The van der Waals surface area contributed by atoms with Crippen molar-refractivity contribution in [2.24, 2.45) is 0 Å². The molecule has 0 fully saturated rings. The van der Waals surface area contributed by atoms with Crippen LogP contribution in [-0.4, -0.2) is 36.2 Å². The Balaban J connectivity index is 1.78. The third-order valence-electron chi connectivity index (χ3n) is 4.26. The Hall–Kier alpha value is -2.66. The van der Waals surface area contributed by atoms with Crippen molar-refractivity contribution in [3.63, 3.8) is 0 Å². The smallest absolute Gasteiger partial charge is 0.343 e. The van der Waals surface area contributed by atoms with Crippen molar-refractivity contribution in [3.8, 4) is 11.5 Å². The van der Waals surface area contributed by atoms with E-state index in [1.165, 1.54) is 25.6 Å². The zero-order valence-electron chi connectivity index (χ0n) is 15.5. The minimum atomic E-state index is -0.483. The van der Waals surface area contributed by atoms with Crippen molar-refractivity contribution >= 4 is 62.0 Å². The van der Waals surface area contributed by atoms with Crippen molar-refractivity contribution in [1.82, 2.24) is 9.38 Å². The van der Waals surface area contributed by atoms with Gasteiger partial charge in [0.15, 0.2) is 23.1 Å². The molecule has 0 aliphatic heterocycles. The van der Waals surface area contributed by atoms with Crippen LogP contribution in [0, 0.1) is 3.57 Å². The number of halogens is 1. The minimum absolute atomic E-state index is 0.112. The first kappa shape index (κ1) is 19.6. The highest BCUT2D eigenvalue weighted by Crippen LogP contribution is 2.34. The summed E-state index contributed by atoms with van der Waals surface area (Å²) in [7, 11) is 2.82. The zero-order chi connectivity index (χ0) is 20.5. The maximum Gasteiger partial charge on any atom is 0.343 e. The Kier molecular flexibility index (Phi) is 5.41. The molecule has 0 saturated heterocycles. The molecular formula is C20H15IN2O5S. The van der Waals surface area contributed by atoms with Gasteiger partial charge in [-0.2, -0.15) is 0 Å². The average Bonchev–Trinajstić information content (AvgIpc) is 3.22. The molecule has 0 N–H and O–H groups in total. The molecule has 4 rings (SSSR count). The molecule has 0 spiro atoms. The second-order valence-corrected chi connectivity index (χ2v) is 8.20. The van der Waals surface area contributed by atoms with Gasteiger partial charge in [-0.1, -0.05) is 23.5 Å². The number of thiazole rings is 1. The van der Waals surface area contributed by atoms with Gasteiger partial charge in [-0.25, -0.2) is 14.2 Å². The van der Waals surface area contributed by atoms with Gasteiger partial charge in [0.1, 0.15) is 0 Å². The molecule has 9 heteroatoms. The molecule has 0 radical (unpaired) electrons. The van der Waals surface area contributed by atoms with Crippen LogP contribution >= 0.6 is 33.9 Å². The third kappa shape index (κ3) is 3.67. The van der Waals surface area contributed by atoms with Gasteiger partial charge >= 0.3 is 5.97 Å². The van der Waals surface area contributed by atoms with Crippen molar-refractivity contribution in [3.05, 3.63) is 60.4 Å². The van der Waals surface area contributed by atoms with E-state index in [4.69, 9.17) is 9.47 Å². The van der Waals surface area contributed by atoms with E-state index in [0.29, 0.717) is 21.0 Å². The maximum absolute atomic E-state index is 12.9. The van der Waals surface area contributed by atoms with Gasteiger partial charge in [-0.05, 0) is 58.5 Å². The van der Waals surface area contributed by atoms with Crippen LogP contribution in [0.3, 0.4) is 0 Å². The summed E-state index contributed by atoms with van der Waals surface area (Å²) in [6.07, 6.45) is 1.80. The molecule has 0 unspecified atom stereocenters. The number of aromatic nitrogens is 2. The second-order valence-electron chi connectivity index (χ2n) is 6.03. The molecule has 0 aliphatic carbocycles. The van der Waals surface area contributed by atoms with Crippen LogP contribution in [0.4, 0.5) is 0 Å². The number of hydrogen-bond donors (Lipinski definition) is 0. The van der Waals surface area contributed by atoms with Crippen molar-refractivity contribution in [2.75, 3.05) is 20.8 Å². The van der Waals surface area contributed by atoms with Crippen LogP contribution in [0.25, 0.3) is 22.1 Å². The van der Waals surface area contributed by atoms with Gasteiger partial charge in [0.2, 0.25) is 0 Å². The van der Waals surface area contributed by atoms with Crippen LogP contribution in [0.1, 0.15) is 5.56 Å². The van der Waals surface area contributed by atoms with Gasteiger partial charge < -0.3 is 14.2 Å². The lowest BCUT2D eigenvalue weighted by Gasteiger charge is -2.12. The van der Waals surface area contributed by atoms with Gasteiger partial charge in [0.25, 0.3) is 5.56 Å². The monoisotopic (exact) mass is 522 g/mol. The molecule has 148 valence electrons. The highest BCUT2D eigenvalue weighted by atomic mass is 127. The van der Waals surface area contributed by atoms with E-state index >= 15 is 0 Å². The molecule has 4 aromatic rings. The molecule has 2 aromatic carbocycles. The summed E-state index contributed by atoms with van der Waals surface area (Å²) in [6, 6.07) is 11.2. The zero-order valence-corrected chi connectivity index (χ0v) is 18.4. The molecule has 7 nitrogen and oxygen atoms in total. The van der Waals surface area contributed by atoms with Gasteiger partial charge in [0, 0.05) is 0 Å². The quantitative estimate of drug-likeness (QED) is 0.296. The van der Waals surface area contributed by atoms with Crippen LogP contribution in [0.5, 0.6) is 11.5 Å². The number of carbonyl (C=O) groups is 1. The summed E-state index contributed by atoms with van der Waals surface area (Å²) in [4.78, 5) is 29.5. The molecule has 2 aromatic heterocycles. The number of benzene rings is 2. The number of imidazole rings is 1. The van der Waals surface area contributed by atoms with Crippen LogP contribution < -0.4 is 19.6 Å². The first-order valence-electron chi connectivity index (χ1n) is 8.50. The largest absolute Gasteiger partial charge is 0.493 e. The summed E-state index contributed by atoms with van der Waals surface area (Å²) in [5.74, 6) is 0.430. The van der Waals surface area contributed by atoms with E-state index < -0.39 is 5.97 Å². The fourth-order valence-electron chi connectivity index (χ4n) is 2.92. The first-order chi connectivity index (χ1) is 14.0. The van der Waals surface area contributed by atoms with Crippen LogP contribution in [0.15, 0.2) is 41.2 Å². The van der Waals surface area contributed by atoms with E-state index in [9.17, 15) is 9.59 Å². The lowest BCUT2D eigenvalue weighted by Crippen LogP contribution is -2.22. The van der Waals surface area contributed by atoms with Crippen LogP contribution in [-0.2, 0) is 9.53 Å². The number of esters is 1. The number of carbonyl (C=O) groups excluding carboxylic acids is 1. The first-order valence-corrected chi connectivity index (χ1v) is 10.4. The van der Waals surface area contributed by atoms with E-state index in [1.54, 1.807) is 16.5 Å². The summed E-state index contributed by atoms with van der Waals surface area (Å²) in [5.41, 5.74) is 2.26. The molecule has 0 atom stereocenters. The lowest BCUT2D eigenvalue weighted by molar-refractivity contribution is -0.142. The van der Waals surface area contributed by atoms with E-state index in [1.807, 2.05) is 30.3 Å². The number of methoxy groups -OCH3 is 2. The average molecular weight is 522 g/mol. The number of nitrogens with zero attached hydrogens (tertiary/aromatic N) is 2. The van der Waals surface area contributed by atoms with Gasteiger partial charge in [-0.15, -0.1) is 0 Å². The number of para-hydroxylation sites is 2. The number of hydrogen-bond acceptors (Lipinski definition) is 7. The highest BCUT2D eigenvalue weighted by molar-refractivity contribution is 14.1. The topological polar surface area (TPSA) is 79.1 Å². The lowest BCUT2D eigenvalue weighted by atomic mass is 10.2. The Labute approximate surface area is 182 Å². The molecule has 0 aliphatic rings. The van der Waals surface area contributed by atoms with Crippen LogP contribution in [0.2, 0.25) is 0 Å². The highest BCUT2D eigenvalue weighted by Gasteiger charge is 2.14. The molecule has 0 bridgehead atoms. The van der Waals surface area contributed by atoms with Crippen molar-refractivity contribution in [2.45, 2.75) is 0 Å². The van der Waals surface area contributed by atoms with Crippen molar-refractivity contribution in [1.29, 1.82) is 0 Å². The minimum Gasteiger partial charge on any atom is -0.493 e. The predicted molar refractivity (Wildman–Crippen MR) is 119 cm³/mol. The fourth-order valence-corrected chi connectivity index (χ4v) is 4.68. The normalized spacial score (nSPS) is 11.9. The van der Waals surface area contributed by atoms with E-state index in [2.05, 4.69) is 32.3 Å². The number of rotatable bonds is 5. The molecule has 2 heterocycles. The van der Waals surface area contributed by atoms with Gasteiger partial charge in [-0.3, -0.25) is 4.79 Å².